The average molecular weight is 472 g/mol. The first kappa shape index (κ1) is 23.5. The smallest absolute Gasteiger partial charge is 0.256 e. The molecule has 3 aromatic carbocycles. The first-order valence-electron chi connectivity index (χ1n) is 10.9. The number of amides is 1. The normalized spacial score (nSPS) is 10.9. The van der Waals surface area contributed by atoms with E-state index in [4.69, 9.17) is 16.3 Å². The van der Waals surface area contributed by atoms with E-state index in [2.05, 4.69) is 27.3 Å². The molecule has 0 saturated heterocycles. The number of nitrogens with one attached hydrogen (secondary N) is 1. The Balaban J connectivity index is 1.86. The number of aromatic nitrogens is 1. The second kappa shape index (κ2) is 10.5. The number of pyridine rings is 1. The molecule has 5 nitrogen and oxygen atoms in total. The van der Waals surface area contributed by atoms with E-state index < -0.39 is 0 Å². The Kier molecular flexibility index (Phi) is 7.26. The molecule has 0 aliphatic heterocycles. The number of benzene rings is 3. The molecule has 1 aromatic heterocycles. The SMILES string of the molecule is COc1ccc(NC(=O)c2ccc(Cl)c(-c3ccccc3)c2-c2cccc(CN(C)C)c2)cn1. The molecule has 0 spiro atoms. The minimum absolute atomic E-state index is 0.242. The number of hydrogen-bond donors (Lipinski definition) is 1. The fourth-order valence-electron chi connectivity index (χ4n) is 3.92. The Bertz CT molecular complexity index is 1290. The lowest BCUT2D eigenvalue weighted by molar-refractivity contribution is 0.102. The van der Waals surface area contributed by atoms with Gasteiger partial charge in [-0.3, -0.25) is 4.79 Å². The van der Waals surface area contributed by atoms with Gasteiger partial charge in [-0.1, -0.05) is 60.1 Å². The highest BCUT2D eigenvalue weighted by Crippen LogP contribution is 2.40. The molecule has 4 aromatic rings. The Labute approximate surface area is 205 Å². The highest BCUT2D eigenvalue weighted by Gasteiger charge is 2.21. The fourth-order valence-corrected chi connectivity index (χ4v) is 4.18. The van der Waals surface area contributed by atoms with Crippen molar-refractivity contribution in [1.29, 1.82) is 0 Å². The molecule has 6 heteroatoms. The van der Waals surface area contributed by atoms with Crippen molar-refractivity contribution in [2.24, 2.45) is 0 Å². The van der Waals surface area contributed by atoms with Gasteiger partial charge in [-0.25, -0.2) is 4.98 Å². The predicted molar refractivity (Wildman–Crippen MR) is 138 cm³/mol. The van der Waals surface area contributed by atoms with Crippen LogP contribution in [0.25, 0.3) is 22.3 Å². The number of anilines is 1. The van der Waals surface area contributed by atoms with Gasteiger partial charge >= 0.3 is 0 Å². The van der Waals surface area contributed by atoms with Gasteiger partial charge in [0.15, 0.2) is 0 Å². The van der Waals surface area contributed by atoms with Gasteiger partial charge in [0.1, 0.15) is 0 Å². The van der Waals surface area contributed by atoms with Crippen molar-refractivity contribution in [3.8, 4) is 28.1 Å². The Hall–Kier alpha value is -3.67. The summed E-state index contributed by atoms with van der Waals surface area (Å²) in [5, 5.41) is 3.54. The number of carbonyl (C=O) groups excluding carboxylic acids is 1. The van der Waals surface area contributed by atoms with Crippen LogP contribution in [0.1, 0.15) is 15.9 Å². The van der Waals surface area contributed by atoms with E-state index >= 15 is 0 Å². The van der Waals surface area contributed by atoms with Crippen molar-refractivity contribution < 1.29 is 9.53 Å². The highest BCUT2D eigenvalue weighted by molar-refractivity contribution is 6.34. The van der Waals surface area contributed by atoms with Crippen LogP contribution in [0, 0.1) is 0 Å². The summed E-state index contributed by atoms with van der Waals surface area (Å²) in [4.78, 5) is 19.8. The number of hydrogen-bond acceptors (Lipinski definition) is 4. The zero-order valence-corrected chi connectivity index (χ0v) is 20.1. The van der Waals surface area contributed by atoms with Crippen LogP contribution in [0.4, 0.5) is 5.69 Å². The summed E-state index contributed by atoms with van der Waals surface area (Å²) in [6.07, 6.45) is 1.57. The lowest BCUT2D eigenvalue weighted by Crippen LogP contribution is -2.14. The molecule has 0 radical (unpaired) electrons. The molecule has 1 heterocycles. The lowest BCUT2D eigenvalue weighted by Gasteiger charge is -2.18. The highest BCUT2D eigenvalue weighted by atomic mass is 35.5. The van der Waals surface area contributed by atoms with Gasteiger partial charge in [-0.2, -0.15) is 0 Å². The zero-order valence-electron chi connectivity index (χ0n) is 19.4. The van der Waals surface area contributed by atoms with Gasteiger partial charge < -0.3 is 15.0 Å². The minimum atomic E-state index is -0.242. The number of methoxy groups -OCH3 is 1. The zero-order chi connectivity index (χ0) is 24.1. The van der Waals surface area contributed by atoms with Gasteiger partial charge in [-0.05, 0) is 55.1 Å². The quantitative estimate of drug-likeness (QED) is 0.339. The summed E-state index contributed by atoms with van der Waals surface area (Å²) < 4.78 is 5.11. The van der Waals surface area contributed by atoms with Gasteiger partial charge in [0, 0.05) is 34.3 Å². The molecule has 0 aliphatic rings. The topological polar surface area (TPSA) is 54.5 Å². The van der Waals surface area contributed by atoms with E-state index in [0.29, 0.717) is 22.2 Å². The monoisotopic (exact) mass is 471 g/mol. The van der Waals surface area contributed by atoms with Crippen molar-refractivity contribution in [1.82, 2.24) is 9.88 Å². The molecular formula is C28H26ClN3O2. The van der Waals surface area contributed by atoms with Gasteiger partial charge in [0.2, 0.25) is 5.88 Å². The number of rotatable bonds is 7. The maximum atomic E-state index is 13.5. The third-order valence-electron chi connectivity index (χ3n) is 5.38. The van der Waals surface area contributed by atoms with E-state index in [9.17, 15) is 4.79 Å². The summed E-state index contributed by atoms with van der Waals surface area (Å²) >= 11 is 6.74. The van der Waals surface area contributed by atoms with Crippen LogP contribution in [-0.2, 0) is 6.54 Å². The van der Waals surface area contributed by atoms with Crippen LogP contribution >= 0.6 is 11.6 Å². The maximum Gasteiger partial charge on any atom is 0.256 e. The van der Waals surface area contributed by atoms with Crippen molar-refractivity contribution in [3.05, 3.63) is 101 Å². The predicted octanol–water partition coefficient (Wildman–Crippen LogP) is 6.39. The molecule has 0 fully saturated rings. The van der Waals surface area contributed by atoms with E-state index in [1.807, 2.05) is 56.6 Å². The first-order valence-corrected chi connectivity index (χ1v) is 11.3. The van der Waals surface area contributed by atoms with E-state index in [-0.39, 0.29) is 5.91 Å². The third kappa shape index (κ3) is 5.28. The second-order valence-corrected chi connectivity index (χ2v) is 8.60. The number of nitrogens with zero attached hydrogens (tertiary/aromatic N) is 2. The van der Waals surface area contributed by atoms with Crippen LogP contribution in [-0.4, -0.2) is 37.0 Å². The standard InChI is InChI=1S/C28H26ClN3O2/c1-32(2)18-19-8-7-11-21(16-19)26-23(28(33)31-22-12-15-25(34-3)30-17-22)13-14-24(29)27(26)20-9-5-4-6-10-20/h4-17H,18H2,1-3H3,(H,31,33). The van der Waals surface area contributed by atoms with Crippen LogP contribution < -0.4 is 10.1 Å². The molecule has 34 heavy (non-hydrogen) atoms. The largest absolute Gasteiger partial charge is 0.481 e. The van der Waals surface area contributed by atoms with E-state index in [0.717, 1.165) is 34.4 Å². The molecule has 0 aliphatic carbocycles. The molecule has 4 rings (SSSR count). The van der Waals surface area contributed by atoms with Crippen LogP contribution in [0.5, 0.6) is 5.88 Å². The molecule has 1 amide bonds. The summed E-state index contributed by atoms with van der Waals surface area (Å²) in [5.74, 6) is 0.239. The van der Waals surface area contributed by atoms with Gasteiger partial charge in [-0.15, -0.1) is 0 Å². The Morgan fingerprint density at radius 1 is 0.941 bits per heavy atom. The molecule has 172 valence electrons. The summed E-state index contributed by atoms with van der Waals surface area (Å²) in [6.45, 7) is 0.786. The Morgan fingerprint density at radius 3 is 2.38 bits per heavy atom. The van der Waals surface area contributed by atoms with Crippen molar-refractivity contribution in [2.45, 2.75) is 6.54 Å². The van der Waals surface area contributed by atoms with Gasteiger partial charge in [0.25, 0.3) is 5.91 Å². The molecule has 0 atom stereocenters. The lowest BCUT2D eigenvalue weighted by atomic mass is 9.89. The maximum absolute atomic E-state index is 13.5. The molecule has 0 saturated carbocycles. The first-order chi connectivity index (χ1) is 16.5. The number of carbonyl (C=O) groups is 1. The van der Waals surface area contributed by atoms with E-state index in [1.165, 1.54) is 0 Å². The van der Waals surface area contributed by atoms with Crippen LogP contribution in [0.3, 0.4) is 0 Å². The number of ether oxygens (including phenoxy) is 1. The van der Waals surface area contributed by atoms with Crippen LogP contribution in [0.2, 0.25) is 5.02 Å². The second-order valence-electron chi connectivity index (χ2n) is 8.19. The van der Waals surface area contributed by atoms with Crippen molar-refractivity contribution in [3.63, 3.8) is 0 Å². The average Bonchev–Trinajstić information content (AvgIpc) is 2.84. The number of halogens is 1. The molecule has 1 N–H and O–H groups in total. The van der Waals surface area contributed by atoms with E-state index in [1.54, 1.807) is 37.6 Å². The third-order valence-corrected chi connectivity index (χ3v) is 5.69. The van der Waals surface area contributed by atoms with Gasteiger partial charge in [0.05, 0.1) is 19.0 Å². The summed E-state index contributed by atoms with van der Waals surface area (Å²) in [5.41, 5.74) is 5.74. The molecule has 0 unspecified atom stereocenters. The summed E-state index contributed by atoms with van der Waals surface area (Å²) in [6, 6.07) is 25.1. The fraction of sp³-hybridized carbons (Fsp3) is 0.143. The van der Waals surface area contributed by atoms with Crippen molar-refractivity contribution >= 4 is 23.2 Å². The van der Waals surface area contributed by atoms with Crippen LogP contribution in [0.15, 0.2) is 85.1 Å². The van der Waals surface area contributed by atoms with Crippen molar-refractivity contribution in [2.75, 3.05) is 26.5 Å². The molecule has 0 bridgehead atoms. The minimum Gasteiger partial charge on any atom is -0.481 e. The Morgan fingerprint density at radius 2 is 1.71 bits per heavy atom. The molecular weight excluding hydrogens is 446 g/mol. The summed E-state index contributed by atoms with van der Waals surface area (Å²) in [7, 11) is 5.61.